The zero-order valence-corrected chi connectivity index (χ0v) is 11.3. The molecule has 0 fully saturated rings. The van der Waals surface area contributed by atoms with E-state index in [1.54, 1.807) is 0 Å². The molecule has 0 rings (SSSR count). The molecule has 0 aromatic heterocycles. The van der Waals surface area contributed by atoms with Gasteiger partial charge in [-0.2, -0.15) is 0 Å². The van der Waals surface area contributed by atoms with Crippen LogP contribution in [0.1, 0.15) is 60.3 Å². The van der Waals surface area contributed by atoms with E-state index in [1.807, 2.05) is 0 Å². The van der Waals surface area contributed by atoms with Crippen LogP contribution in [0.4, 0.5) is 0 Å². The number of unbranched alkanes of at least 4 members (excludes halogenated alkanes) is 2. The van der Waals surface area contributed by atoms with Crippen molar-refractivity contribution >= 4 is 0 Å². The van der Waals surface area contributed by atoms with Gasteiger partial charge >= 0.3 is 0 Å². The van der Waals surface area contributed by atoms with Crippen LogP contribution < -0.4 is 5.73 Å². The average molecular weight is 214 g/mol. The first-order valence-corrected chi connectivity index (χ1v) is 6.46. The highest BCUT2D eigenvalue weighted by Crippen LogP contribution is 2.11. The van der Waals surface area contributed by atoms with E-state index < -0.39 is 0 Å². The van der Waals surface area contributed by atoms with Crippen molar-refractivity contribution in [1.82, 2.24) is 4.90 Å². The minimum absolute atomic E-state index is 0.0313. The lowest BCUT2D eigenvalue weighted by atomic mass is 9.99. The fraction of sp³-hybridized carbons (Fsp3) is 1.00. The van der Waals surface area contributed by atoms with Gasteiger partial charge in [0.05, 0.1) is 0 Å². The quantitative estimate of drug-likeness (QED) is 0.629. The first kappa shape index (κ1) is 14.9. The van der Waals surface area contributed by atoms with Gasteiger partial charge in [-0.3, -0.25) is 4.90 Å². The van der Waals surface area contributed by atoms with Crippen molar-refractivity contribution in [2.75, 3.05) is 13.1 Å². The van der Waals surface area contributed by atoms with E-state index in [9.17, 15) is 0 Å². The van der Waals surface area contributed by atoms with Crippen LogP contribution in [-0.4, -0.2) is 29.6 Å². The van der Waals surface area contributed by atoms with Gasteiger partial charge in [-0.25, -0.2) is 0 Å². The number of nitrogens with two attached hydrogens (primary N) is 1. The van der Waals surface area contributed by atoms with Crippen LogP contribution in [0.15, 0.2) is 0 Å². The second-order valence-electron chi connectivity index (χ2n) is 5.28. The first-order chi connectivity index (χ1) is 6.93. The van der Waals surface area contributed by atoms with Crippen LogP contribution in [-0.2, 0) is 0 Å². The van der Waals surface area contributed by atoms with Crippen molar-refractivity contribution < 1.29 is 0 Å². The summed E-state index contributed by atoms with van der Waals surface area (Å²) in [7, 11) is 0. The molecule has 2 N–H and O–H groups in total. The summed E-state index contributed by atoms with van der Waals surface area (Å²) in [6.07, 6.45) is 4.97. The van der Waals surface area contributed by atoms with Crippen molar-refractivity contribution in [3.63, 3.8) is 0 Å². The van der Waals surface area contributed by atoms with E-state index in [1.165, 1.54) is 25.8 Å². The maximum Gasteiger partial charge on any atom is 0.0252 e. The van der Waals surface area contributed by atoms with E-state index in [4.69, 9.17) is 5.73 Å². The molecular weight excluding hydrogens is 184 g/mol. The molecule has 0 aliphatic heterocycles. The van der Waals surface area contributed by atoms with Gasteiger partial charge in [0.15, 0.2) is 0 Å². The van der Waals surface area contributed by atoms with E-state index >= 15 is 0 Å². The SMILES string of the molecule is CCCCCN(CC(C)(N)CC)C(C)C. The number of hydrogen-bond acceptors (Lipinski definition) is 2. The summed E-state index contributed by atoms with van der Waals surface area (Å²) < 4.78 is 0. The summed E-state index contributed by atoms with van der Waals surface area (Å²) >= 11 is 0. The topological polar surface area (TPSA) is 29.3 Å². The Hall–Kier alpha value is -0.0800. The number of rotatable bonds is 8. The monoisotopic (exact) mass is 214 g/mol. The van der Waals surface area contributed by atoms with E-state index in [2.05, 4.69) is 39.5 Å². The van der Waals surface area contributed by atoms with Gasteiger partial charge in [-0.05, 0) is 40.2 Å². The molecule has 0 heterocycles. The predicted octanol–water partition coefficient (Wildman–Crippen LogP) is 3.01. The average Bonchev–Trinajstić information content (AvgIpc) is 2.16. The van der Waals surface area contributed by atoms with Gasteiger partial charge in [0, 0.05) is 18.1 Å². The zero-order valence-electron chi connectivity index (χ0n) is 11.3. The maximum absolute atomic E-state index is 6.22. The van der Waals surface area contributed by atoms with Crippen molar-refractivity contribution in [2.24, 2.45) is 5.73 Å². The Morgan fingerprint density at radius 2 is 1.80 bits per heavy atom. The molecule has 2 heteroatoms. The third kappa shape index (κ3) is 6.91. The van der Waals surface area contributed by atoms with Gasteiger partial charge in [-0.15, -0.1) is 0 Å². The van der Waals surface area contributed by atoms with Gasteiger partial charge < -0.3 is 5.73 Å². The van der Waals surface area contributed by atoms with Gasteiger partial charge in [0.25, 0.3) is 0 Å². The highest BCUT2D eigenvalue weighted by atomic mass is 15.2. The maximum atomic E-state index is 6.22. The lowest BCUT2D eigenvalue weighted by molar-refractivity contribution is 0.170. The molecule has 0 bridgehead atoms. The van der Waals surface area contributed by atoms with Gasteiger partial charge in [0.1, 0.15) is 0 Å². The minimum Gasteiger partial charge on any atom is -0.324 e. The Bertz CT molecular complexity index is 153. The fourth-order valence-electron chi connectivity index (χ4n) is 1.66. The summed E-state index contributed by atoms with van der Waals surface area (Å²) in [6.45, 7) is 13.3. The molecule has 0 spiro atoms. The summed E-state index contributed by atoms with van der Waals surface area (Å²) in [5.74, 6) is 0. The zero-order chi connectivity index (χ0) is 11.9. The smallest absolute Gasteiger partial charge is 0.0252 e. The Morgan fingerprint density at radius 1 is 1.20 bits per heavy atom. The molecule has 0 aromatic rings. The molecular formula is C13H30N2. The largest absolute Gasteiger partial charge is 0.324 e. The molecule has 1 unspecified atom stereocenters. The Morgan fingerprint density at radius 3 is 2.20 bits per heavy atom. The summed E-state index contributed by atoms with van der Waals surface area (Å²) in [6, 6.07) is 0.608. The van der Waals surface area contributed by atoms with Crippen LogP contribution >= 0.6 is 0 Å². The van der Waals surface area contributed by atoms with Crippen LogP contribution in [0.25, 0.3) is 0 Å². The Labute approximate surface area is 96.2 Å². The van der Waals surface area contributed by atoms with Crippen molar-refractivity contribution in [3.05, 3.63) is 0 Å². The lowest BCUT2D eigenvalue weighted by Gasteiger charge is -2.34. The molecule has 0 aliphatic carbocycles. The summed E-state index contributed by atoms with van der Waals surface area (Å²) in [5.41, 5.74) is 6.19. The van der Waals surface area contributed by atoms with E-state index in [0.29, 0.717) is 6.04 Å². The molecule has 0 radical (unpaired) electrons. The third-order valence-corrected chi connectivity index (χ3v) is 3.15. The second kappa shape index (κ2) is 7.24. The normalized spacial score (nSPS) is 16.0. The highest BCUT2D eigenvalue weighted by Gasteiger charge is 2.21. The summed E-state index contributed by atoms with van der Waals surface area (Å²) in [4.78, 5) is 2.51. The predicted molar refractivity (Wildman–Crippen MR) is 69.1 cm³/mol. The van der Waals surface area contributed by atoms with E-state index in [-0.39, 0.29) is 5.54 Å². The lowest BCUT2D eigenvalue weighted by Crippen LogP contribution is -2.49. The molecule has 0 saturated carbocycles. The molecule has 1 atom stereocenters. The molecule has 15 heavy (non-hydrogen) atoms. The molecule has 0 saturated heterocycles. The number of hydrogen-bond donors (Lipinski definition) is 1. The van der Waals surface area contributed by atoms with Crippen LogP contribution in [0.3, 0.4) is 0 Å². The van der Waals surface area contributed by atoms with E-state index in [0.717, 1.165) is 13.0 Å². The molecule has 0 aromatic carbocycles. The van der Waals surface area contributed by atoms with Crippen LogP contribution in [0.2, 0.25) is 0 Å². The van der Waals surface area contributed by atoms with Gasteiger partial charge in [-0.1, -0.05) is 26.7 Å². The Kier molecular flexibility index (Phi) is 7.20. The van der Waals surface area contributed by atoms with Gasteiger partial charge in [0.2, 0.25) is 0 Å². The molecule has 92 valence electrons. The van der Waals surface area contributed by atoms with Crippen LogP contribution in [0, 0.1) is 0 Å². The Balaban J connectivity index is 4.04. The molecule has 0 amide bonds. The van der Waals surface area contributed by atoms with Crippen molar-refractivity contribution in [3.8, 4) is 0 Å². The first-order valence-electron chi connectivity index (χ1n) is 6.46. The van der Waals surface area contributed by atoms with Crippen molar-refractivity contribution in [2.45, 2.75) is 71.9 Å². The minimum atomic E-state index is -0.0313. The number of nitrogens with zero attached hydrogens (tertiary/aromatic N) is 1. The summed E-state index contributed by atoms with van der Waals surface area (Å²) in [5, 5.41) is 0. The second-order valence-corrected chi connectivity index (χ2v) is 5.28. The van der Waals surface area contributed by atoms with Crippen molar-refractivity contribution in [1.29, 1.82) is 0 Å². The van der Waals surface area contributed by atoms with Crippen LogP contribution in [0.5, 0.6) is 0 Å². The third-order valence-electron chi connectivity index (χ3n) is 3.15. The standard InChI is InChI=1S/C13H30N2/c1-6-8-9-10-15(12(3)4)11-13(5,14)7-2/h12H,6-11,14H2,1-5H3. The molecule has 0 aliphatic rings. The highest BCUT2D eigenvalue weighted by molar-refractivity contribution is 4.82. The fourth-order valence-corrected chi connectivity index (χ4v) is 1.66. The molecule has 2 nitrogen and oxygen atoms in total.